The third kappa shape index (κ3) is 2.03. The molecule has 1 heterocycles. The second-order valence-corrected chi connectivity index (χ2v) is 4.54. The first kappa shape index (κ1) is 11.6. The van der Waals surface area contributed by atoms with Gasteiger partial charge in [-0.3, -0.25) is 0 Å². The van der Waals surface area contributed by atoms with Gasteiger partial charge in [-0.2, -0.15) is 5.26 Å². The van der Waals surface area contributed by atoms with Gasteiger partial charge in [0.2, 0.25) is 0 Å². The fourth-order valence-corrected chi connectivity index (χ4v) is 2.28. The molecule has 0 unspecified atom stereocenters. The Bertz CT molecular complexity index is 713. The van der Waals surface area contributed by atoms with E-state index < -0.39 is 0 Å². The highest BCUT2D eigenvalue weighted by Gasteiger charge is 2.19. The van der Waals surface area contributed by atoms with Crippen molar-refractivity contribution in [2.24, 2.45) is 0 Å². The largest absolute Gasteiger partial charge is 0.351 e. The summed E-state index contributed by atoms with van der Waals surface area (Å²) in [5.41, 5.74) is 3.78. The topological polar surface area (TPSA) is 47.9 Å². The van der Waals surface area contributed by atoms with E-state index in [4.69, 9.17) is 11.6 Å². The molecule has 0 saturated carbocycles. The fraction of sp³-hybridized carbons (Fsp3) is 0. The number of benzene rings is 2. The van der Waals surface area contributed by atoms with Crippen LogP contribution in [0.2, 0.25) is 5.02 Å². The van der Waals surface area contributed by atoms with E-state index in [1.165, 1.54) is 0 Å². The monoisotopic (exact) mass is 267 g/mol. The lowest BCUT2D eigenvalue weighted by molar-refractivity contribution is 1.36. The molecule has 2 aromatic rings. The van der Waals surface area contributed by atoms with E-state index in [2.05, 4.69) is 16.7 Å². The van der Waals surface area contributed by atoms with Gasteiger partial charge < -0.3 is 10.6 Å². The first-order valence-electron chi connectivity index (χ1n) is 5.82. The second-order valence-electron chi connectivity index (χ2n) is 4.14. The number of nitrogens with zero attached hydrogens (tertiary/aromatic N) is 1. The van der Waals surface area contributed by atoms with Gasteiger partial charge in [-0.05, 0) is 18.2 Å². The minimum atomic E-state index is 0.465. The van der Waals surface area contributed by atoms with E-state index in [9.17, 15) is 5.26 Å². The maximum atomic E-state index is 9.29. The summed E-state index contributed by atoms with van der Waals surface area (Å²) in [6, 6.07) is 17.3. The number of fused-ring (bicyclic) bond motifs is 1. The van der Waals surface area contributed by atoms with Crippen LogP contribution in [0, 0.1) is 11.3 Å². The number of anilines is 2. The van der Waals surface area contributed by atoms with Crippen LogP contribution in [0.5, 0.6) is 0 Å². The van der Waals surface area contributed by atoms with E-state index in [0.717, 1.165) is 16.9 Å². The van der Waals surface area contributed by atoms with Crippen molar-refractivity contribution in [3.8, 4) is 6.07 Å². The number of nitriles is 1. The molecule has 0 spiro atoms. The molecule has 19 heavy (non-hydrogen) atoms. The van der Waals surface area contributed by atoms with Crippen molar-refractivity contribution in [2.45, 2.75) is 0 Å². The maximum absolute atomic E-state index is 9.29. The molecule has 4 heteroatoms. The summed E-state index contributed by atoms with van der Waals surface area (Å²) in [6.45, 7) is 0. The molecule has 2 aromatic carbocycles. The minimum absolute atomic E-state index is 0.465. The zero-order chi connectivity index (χ0) is 13.2. The highest BCUT2D eigenvalue weighted by molar-refractivity contribution is 6.32. The van der Waals surface area contributed by atoms with Crippen LogP contribution in [0.4, 0.5) is 11.4 Å². The molecule has 0 radical (unpaired) electrons. The summed E-state index contributed by atoms with van der Waals surface area (Å²) in [6.07, 6.45) is 0. The molecule has 0 atom stereocenters. The van der Waals surface area contributed by atoms with Crippen molar-refractivity contribution in [2.75, 3.05) is 10.6 Å². The van der Waals surface area contributed by atoms with Crippen LogP contribution in [-0.2, 0) is 0 Å². The SMILES string of the molecule is N#CC1=C(c2ccccc2Cl)Nc2ccccc2N1. The van der Waals surface area contributed by atoms with E-state index in [1.807, 2.05) is 42.5 Å². The molecule has 0 bridgehead atoms. The zero-order valence-corrected chi connectivity index (χ0v) is 10.7. The summed E-state index contributed by atoms with van der Waals surface area (Å²) >= 11 is 6.20. The van der Waals surface area contributed by atoms with Crippen molar-refractivity contribution >= 4 is 28.7 Å². The Hall–Kier alpha value is -2.44. The molecular formula is C15H10ClN3. The molecule has 3 nitrogen and oxygen atoms in total. The average molecular weight is 268 g/mol. The summed E-state index contributed by atoms with van der Waals surface area (Å²) in [5.74, 6) is 0. The molecule has 0 fully saturated rings. The van der Waals surface area contributed by atoms with Crippen LogP contribution in [0.15, 0.2) is 54.2 Å². The van der Waals surface area contributed by atoms with Crippen LogP contribution >= 0.6 is 11.6 Å². The van der Waals surface area contributed by atoms with Gasteiger partial charge in [0.15, 0.2) is 0 Å². The Morgan fingerprint density at radius 1 is 0.895 bits per heavy atom. The third-order valence-corrected chi connectivity index (χ3v) is 3.28. The van der Waals surface area contributed by atoms with Gasteiger partial charge >= 0.3 is 0 Å². The summed E-state index contributed by atoms with van der Waals surface area (Å²) in [5, 5.41) is 16.3. The number of hydrogen-bond acceptors (Lipinski definition) is 3. The second kappa shape index (κ2) is 4.68. The number of halogens is 1. The molecule has 92 valence electrons. The molecule has 1 aliphatic rings. The molecule has 3 rings (SSSR count). The quantitative estimate of drug-likeness (QED) is 0.819. The predicted molar refractivity (Wildman–Crippen MR) is 77.7 cm³/mol. The highest BCUT2D eigenvalue weighted by atomic mass is 35.5. The number of para-hydroxylation sites is 2. The first-order chi connectivity index (χ1) is 9.29. The highest BCUT2D eigenvalue weighted by Crippen LogP contribution is 2.35. The van der Waals surface area contributed by atoms with Crippen LogP contribution in [0.25, 0.3) is 5.70 Å². The minimum Gasteiger partial charge on any atom is -0.351 e. The van der Waals surface area contributed by atoms with Gasteiger partial charge in [-0.25, -0.2) is 0 Å². The van der Waals surface area contributed by atoms with Gasteiger partial charge in [-0.15, -0.1) is 0 Å². The Labute approximate surface area is 116 Å². The maximum Gasteiger partial charge on any atom is 0.142 e. The van der Waals surface area contributed by atoms with Gasteiger partial charge in [0.25, 0.3) is 0 Å². The van der Waals surface area contributed by atoms with E-state index in [-0.39, 0.29) is 0 Å². The van der Waals surface area contributed by atoms with Crippen molar-refractivity contribution in [1.29, 1.82) is 5.26 Å². The van der Waals surface area contributed by atoms with Crippen LogP contribution < -0.4 is 10.6 Å². The number of nitrogens with one attached hydrogen (secondary N) is 2. The lowest BCUT2D eigenvalue weighted by Crippen LogP contribution is -2.15. The van der Waals surface area contributed by atoms with Crippen LogP contribution in [0.1, 0.15) is 5.56 Å². The van der Waals surface area contributed by atoms with Crippen molar-refractivity contribution in [1.82, 2.24) is 0 Å². The molecule has 0 saturated heterocycles. The Balaban J connectivity index is 2.13. The number of rotatable bonds is 1. The van der Waals surface area contributed by atoms with Crippen molar-refractivity contribution < 1.29 is 0 Å². The number of allylic oxidation sites excluding steroid dienone is 1. The molecule has 0 amide bonds. The van der Waals surface area contributed by atoms with Gasteiger partial charge in [0, 0.05) is 10.6 Å². The molecule has 2 N–H and O–H groups in total. The Morgan fingerprint density at radius 3 is 2.21 bits per heavy atom. The Kier molecular flexibility index (Phi) is 2.86. The molecule has 0 aliphatic carbocycles. The normalized spacial score (nSPS) is 13.1. The van der Waals surface area contributed by atoms with E-state index in [0.29, 0.717) is 16.4 Å². The van der Waals surface area contributed by atoms with Crippen LogP contribution in [-0.4, -0.2) is 0 Å². The standard InChI is InChI=1S/C15H10ClN3/c16-11-6-2-1-5-10(11)15-14(9-17)18-12-7-3-4-8-13(12)19-15/h1-8,18-19H. The van der Waals surface area contributed by atoms with Gasteiger partial charge in [0.1, 0.15) is 11.8 Å². The number of hydrogen-bond donors (Lipinski definition) is 2. The van der Waals surface area contributed by atoms with E-state index in [1.54, 1.807) is 6.07 Å². The summed E-state index contributed by atoms with van der Waals surface area (Å²) in [4.78, 5) is 0. The lowest BCUT2D eigenvalue weighted by Gasteiger charge is -2.23. The first-order valence-corrected chi connectivity index (χ1v) is 6.20. The van der Waals surface area contributed by atoms with Crippen molar-refractivity contribution in [3.05, 3.63) is 64.8 Å². The van der Waals surface area contributed by atoms with Crippen LogP contribution in [0.3, 0.4) is 0 Å². The fourth-order valence-electron chi connectivity index (χ4n) is 2.05. The van der Waals surface area contributed by atoms with Crippen molar-refractivity contribution in [3.63, 3.8) is 0 Å². The predicted octanol–water partition coefficient (Wildman–Crippen LogP) is 4.07. The van der Waals surface area contributed by atoms with Gasteiger partial charge in [0.05, 0.1) is 17.1 Å². The lowest BCUT2D eigenvalue weighted by atomic mass is 10.1. The zero-order valence-electron chi connectivity index (χ0n) is 9.94. The summed E-state index contributed by atoms with van der Waals surface area (Å²) < 4.78 is 0. The molecule has 0 aromatic heterocycles. The average Bonchev–Trinajstić information content (AvgIpc) is 2.46. The molecule has 1 aliphatic heterocycles. The smallest absolute Gasteiger partial charge is 0.142 e. The van der Waals surface area contributed by atoms with Gasteiger partial charge in [-0.1, -0.05) is 41.9 Å². The third-order valence-electron chi connectivity index (χ3n) is 2.95. The van der Waals surface area contributed by atoms with E-state index >= 15 is 0 Å². The Morgan fingerprint density at radius 2 is 1.53 bits per heavy atom. The molecular weight excluding hydrogens is 258 g/mol. The summed E-state index contributed by atoms with van der Waals surface area (Å²) in [7, 11) is 0.